The van der Waals surface area contributed by atoms with Crippen molar-refractivity contribution in [1.29, 1.82) is 5.26 Å². The highest BCUT2D eigenvalue weighted by Gasteiger charge is 2.24. The van der Waals surface area contributed by atoms with Crippen LogP contribution in [-0.2, 0) is 27.3 Å². The fourth-order valence-electron chi connectivity index (χ4n) is 2.50. The van der Waals surface area contributed by atoms with Crippen LogP contribution in [0.2, 0.25) is 0 Å². The predicted molar refractivity (Wildman–Crippen MR) is 110 cm³/mol. The van der Waals surface area contributed by atoms with Gasteiger partial charge in [0.25, 0.3) is 0 Å². The maximum atomic E-state index is 12.4. The third-order valence-electron chi connectivity index (χ3n) is 3.87. The second kappa shape index (κ2) is 10.1. The van der Waals surface area contributed by atoms with Crippen molar-refractivity contribution in [3.63, 3.8) is 0 Å². The fourth-order valence-corrected chi connectivity index (χ4v) is 3.88. The third-order valence-corrected chi connectivity index (χ3v) is 5.65. The Balaban J connectivity index is 2.18. The van der Waals surface area contributed by atoms with Gasteiger partial charge in [0, 0.05) is 10.0 Å². The molecule has 0 spiro atoms. The van der Waals surface area contributed by atoms with E-state index in [1.165, 1.54) is 14.2 Å². The van der Waals surface area contributed by atoms with E-state index in [0.29, 0.717) is 21.5 Å². The molecular formula is C19H19BrN2O6S. The lowest BCUT2D eigenvalue weighted by atomic mass is 10.1. The summed E-state index contributed by atoms with van der Waals surface area (Å²) in [4.78, 5) is 24.6. The zero-order valence-electron chi connectivity index (χ0n) is 16.0. The van der Waals surface area contributed by atoms with Gasteiger partial charge in [-0.15, -0.1) is 11.3 Å². The van der Waals surface area contributed by atoms with Crippen molar-refractivity contribution in [2.45, 2.75) is 20.0 Å². The van der Waals surface area contributed by atoms with E-state index in [-0.39, 0.29) is 40.6 Å². The molecule has 1 aromatic carbocycles. The molecule has 2 aromatic rings. The van der Waals surface area contributed by atoms with Crippen molar-refractivity contribution in [2.24, 2.45) is 0 Å². The van der Waals surface area contributed by atoms with E-state index in [4.69, 9.17) is 24.7 Å². The van der Waals surface area contributed by atoms with E-state index in [0.717, 1.165) is 11.3 Å². The maximum Gasteiger partial charge on any atom is 0.348 e. The normalized spacial score (nSPS) is 10.2. The first-order valence-corrected chi connectivity index (χ1v) is 10.0. The topological polar surface area (TPSA) is 121 Å². The van der Waals surface area contributed by atoms with Crippen LogP contribution in [0.5, 0.6) is 11.5 Å². The van der Waals surface area contributed by atoms with Crippen molar-refractivity contribution in [1.82, 2.24) is 0 Å². The molecule has 1 aromatic heterocycles. The van der Waals surface area contributed by atoms with Gasteiger partial charge in [-0.05, 0) is 24.6 Å². The van der Waals surface area contributed by atoms with Gasteiger partial charge in [0.05, 0.1) is 32.8 Å². The third kappa shape index (κ3) is 5.19. The number of hydrogen-bond acceptors (Lipinski definition) is 9. The molecule has 0 aliphatic heterocycles. The molecule has 29 heavy (non-hydrogen) atoms. The van der Waals surface area contributed by atoms with Crippen molar-refractivity contribution in [2.75, 3.05) is 26.6 Å². The highest BCUT2D eigenvalue weighted by atomic mass is 79.9. The fraction of sp³-hybridized carbons (Fsp3) is 0.316. The number of nitriles is 1. The van der Waals surface area contributed by atoms with Crippen molar-refractivity contribution in [3.05, 3.63) is 38.2 Å². The lowest BCUT2D eigenvalue weighted by Crippen LogP contribution is -2.12. The second-order valence-electron chi connectivity index (χ2n) is 5.62. The molecule has 2 rings (SSSR count). The number of rotatable bonds is 8. The van der Waals surface area contributed by atoms with Gasteiger partial charge in [0.2, 0.25) is 0 Å². The number of carbonyl (C=O) groups excluding carboxylic acids is 2. The summed E-state index contributed by atoms with van der Waals surface area (Å²) < 4.78 is 21.4. The van der Waals surface area contributed by atoms with Crippen molar-refractivity contribution in [3.8, 4) is 17.6 Å². The van der Waals surface area contributed by atoms with Gasteiger partial charge >= 0.3 is 11.9 Å². The summed E-state index contributed by atoms with van der Waals surface area (Å²) >= 11 is 4.32. The summed E-state index contributed by atoms with van der Waals surface area (Å²) in [7, 11) is 3.01. The molecule has 154 valence electrons. The summed E-state index contributed by atoms with van der Waals surface area (Å²) in [6, 6.07) is 5.29. The van der Waals surface area contributed by atoms with E-state index in [1.807, 2.05) is 6.07 Å². The summed E-state index contributed by atoms with van der Waals surface area (Å²) in [6.07, 6.45) is -0.0583. The molecule has 0 radical (unpaired) electrons. The molecule has 1 heterocycles. The van der Waals surface area contributed by atoms with Gasteiger partial charge in [0.1, 0.15) is 22.6 Å². The molecule has 0 unspecified atom stereocenters. The number of nitrogens with two attached hydrogens (primary N) is 1. The Kier molecular flexibility index (Phi) is 7.87. The van der Waals surface area contributed by atoms with Gasteiger partial charge < -0.3 is 24.7 Å². The predicted octanol–water partition coefficient (Wildman–Crippen LogP) is 3.44. The highest BCUT2D eigenvalue weighted by Crippen LogP contribution is 2.34. The smallest absolute Gasteiger partial charge is 0.348 e. The molecule has 10 heteroatoms. The van der Waals surface area contributed by atoms with Crippen LogP contribution >= 0.6 is 27.3 Å². The van der Waals surface area contributed by atoms with Crippen molar-refractivity contribution < 1.29 is 28.5 Å². The molecule has 8 nitrogen and oxygen atoms in total. The van der Waals surface area contributed by atoms with Crippen LogP contribution in [0.3, 0.4) is 0 Å². The Labute approximate surface area is 180 Å². The molecule has 0 amide bonds. The van der Waals surface area contributed by atoms with Gasteiger partial charge in [-0.2, -0.15) is 5.26 Å². The van der Waals surface area contributed by atoms with Crippen molar-refractivity contribution >= 4 is 44.2 Å². The summed E-state index contributed by atoms with van der Waals surface area (Å²) in [6.45, 7) is 1.57. The van der Waals surface area contributed by atoms with Crippen LogP contribution in [0.4, 0.5) is 5.00 Å². The van der Waals surface area contributed by atoms with Gasteiger partial charge in [-0.25, -0.2) is 4.79 Å². The van der Waals surface area contributed by atoms with Gasteiger partial charge in [-0.1, -0.05) is 15.9 Å². The molecule has 0 saturated heterocycles. The maximum absolute atomic E-state index is 12.4. The minimum absolute atomic E-state index is 0.0583. The Hall–Kier alpha value is -2.77. The summed E-state index contributed by atoms with van der Waals surface area (Å²) in [5.41, 5.74) is 6.79. The number of thiophene rings is 1. The first-order valence-electron chi connectivity index (χ1n) is 8.40. The number of carbonyl (C=O) groups is 2. The number of anilines is 1. The van der Waals surface area contributed by atoms with Crippen LogP contribution in [0.1, 0.15) is 33.3 Å². The monoisotopic (exact) mass is 482 g/mol. The minimum atomic E-state index is -0.612. The highest BCUT2D eigenvalue weighted by molar-refractivity contribution is 9.10. The molecule has 0 aliphatic rings. The summed E-state index contributed by atoms with van der Waals surface area (Å²) in [5.74, 6) is -0.177. The Morgan fingerprint density at radius 3 is 2.45 bits per heavy atom. The van der Waals surface area contributed by atoms with Crippen LogP contribution in [-0.4, -0.2) is 32.8 Å². The Morgan fingerprint density at radius 2 is 1.86 bits per heavy atom. The van der Waals surface area contributed by atoms with E-state index in [2.05, 4.69) is 15.9 Å². The number of ether oxygens (including phenoxy) is 4. The average molecular weight is 483 g/mol. The minimum Gasteiger partial charge on any atom is -0.493 e. The number of nitrogens with zero attached hydrogens (tertiary/aromatic N) is 1. The number of esters is 2. The SMILES string of the molecule is CCOC(=O)c1sc(N)c(C#N)c1COC(=O)Cc1cc(OC)c(OC)cc1Br. The van der Waals surface area contributed by atoms with Crippen LogP contribution in [0.15, 0.2) is 16.6 Å². The quantitative estimate of drug-likeness (QED) is 0.567. The average Bonchev–Trinajstić information content (AvgIpc) is 3.03. The summed E-state index contributed by atoms with van der Waals surface area (Å²) in [5, 5.41) is 9.49. The largest absolute Gasteiger partial charge is 0.493 e. The zero-order valence-corrected chi connectivity index (χ0v) is 18.4. The van der Waals surface area contributed by atoms with E-state index < -0.39 is 11.9 Å². The van der Waals surface area contributed by atoms with Gasteiger partial charge in [-0.3, -0.25) is 4.79 Å². The first-order chi connectivity index (χ1) is 13.9. The molecule has 2 N–H and O–H groups in total. The molecular weight excluding hydrogens is 464 g/mol. The Bertz CT molecular complexity index is 967. The lowest BCUT2D eigenvalue weighted by Gasteiger charge is -2.12. The number of hydrogen-bond donors (Lipinski definition) is 1. The van der Waals surface area contributed by atoms with Crippen LogP contribution in [0, 0.1) is 11.3 Å². The van der Waals surface area contributed by atoms with E-state index in [1.54, 1.807) is 19.1 Å². The molecule has 0 bridgehead atoms. The molecule has 0 atom stereocenters. The Morgan fingerprint density at radius 1 is 1.21 bits per heavy atom. The first kappa shape index (κ1) is 22.5. The number of halogens is 1. The lowest BCUT2D eigenvalue weighted by molar-refractivity contribution is -0.144. The van der Waals surface area contributed by atoms with Gasteiger partial charge in [0.15, 0.2) is 11.5 Å². The number of nitrogen functional groups attached to an aromatic ring is 1. The molecule has 0 aliphatic carbocycles. The number of methoxy groups -OCH3 is 2. The van der Waals surface area contributed by atoms with E-state index >= 15 is 0 Å². The molecule has 0 saturated carbocycles. The van der Waals surface area contributed by atoms with Crippen LogP contribution < -0.4 is 15.2 Å². The standard InChI is InChI=1S/C19H19BrN2O6S/c1-4-27-19(24)17-12(11(8-21)18(22)29-17)9-28-16(23)6-10-5-14(25-2)15(26-3)7-13(10)20/h5,7H,4,6,9,22H2,1-3H3. The van der Waals surface area contributed by atoms with E-state index in [9.17, 15) is 14.9 Å². The second-order valence-corrected chi connectivity index (χ2v) is 7.52. The number of benzene rings is 1. The zero-order chi connectivity index (χ0) is 21.6. The van der Waals surface area contributed by atoms with Crippen LogP contribution in [0.25, 0.3) is 0 Å². The molecule has 0 fully saturated rings.